The zero-order valence-electron chi connectivity index (χ0n) is 18.7. The monoisotopic (exact) mass is 482 g/mol. The number of ether oxygens (including phenoxy) is 1. The molecule has 4 atom stereocenters. The topological polar surface area (TPSA) is 121 Å². The molecule has 178 valence electrons. The smallest absolute Gasteiger partial charge is 0.143 e. The van der Waals surface area contributed by atoms with Crippen LogP contribution in [0.25, 0.3) is 22.2 Å². The van der Waals surface area contributed by atoms with E-state index in [1.54, 1.807) is 6.20 Å². The highest BCUT2D eigenvalue weighted by molar-refractivity contribution is 5.85. The van der Waals surface area contributed by atoms with Crippen molar-refractivity contribution in [1.29, 1.82) is 0 Å². The molecule has 1 aromatic carbocycles. The van der Waals surface area contributed by atoms with Crippen molar-refractivity contribution in [3.8, 4) is 16.9 Å². The quantitative estimate of drug-likeness (QED) is 0.352. The lowest BCUT2D eigenvalue weighted by atomic mass is 9.95. The Labute approximate surface area is 202 Å². The molecule has 34 heavy (non-hydrogen) atoms. The van der Waals surface area contributed by atoms with Gasteiger partial charge < -0.3 is 24.8 Å². The molecule has 9 nitrogen and oxygen atoms in total. The van der Waals surface area contributed by atoms with E-state index in [2.05, 4.69) is 31.5 Å². The fraction of sp³-hybridized carbons (Fsp3) is 0.375. The third kappa shape index (κ3) is 3.74. The molecule has 4 N–H and O–H groups in total. The third-order valence-electron chi connectivity index (χ3n) is 6.95. The number of aliphatic hydroxyl groups excluding tert-OH is 2. The lowest BCUT2D eigenvalue weighted by Crippen LogP contribution is -2.34. The molecule has 1 aliphatic carbocycles. The predicted molar refractivity (Wildman–Crippen MR) is 129 cm³/mol. The van der Waals surface area contributed by atoms with Gasteiger partial charge in [0.2, 0.25) is 0 Å². The molecule has 1 aliphatic heterocycles. The number of halogens is 1. The van der Waals surface area contributed by atoms with Gasteiger partial charge in [-0.2, -0.15) is 5.10 Å². The van der Waals surface area contributed by atoms with Crippen LogP contribution in [0.3, 0.4) is 0 Å². The zero-order valence-corrected chi connectivity index (χ0v) is 19.5. The lowest BCUT2D eigenvalue weighted by Gasteiger charge is -2.25. The molecule has 6 rings (SSSR count). The van der Waals surface area contributed by atoms with Gasteiger partial charge in [0.25, 0.3) is 0 Å². The maximum absolute atomic E-state index is 10.9. The van der Waals surface area contributed by atoms with E-state index in [9.17, 15) is 10.2 Å². The van der Waals surface area contributed by atoms with Gasteiger partial charge in [-0.25, -0.2) is 9.97 Å². The summed E-state index contributed by atoms with van der Waals surface area (Å²) in [6, 6.07) is 5.80. The Kier molecular flexibility index (Phi) is 6.03. The first-order valence-corrected chi connectivity index (χ1v) is 11.3. The van der Waals surface area contributed by atoms with Crippen LogP contribution < -0.4 is 10.1 Å². The highest BCUT2D eigenvalue weighted by Gasteiger charge is 2.44. The number of benzene rings is 1. The summed E-state index contributed by atoms with van der Waals surface area (Å²) in [4.78, 5) is 8.66. The van der Waals surface area contributed by atoms with Crippen LogP contribution in [0.15, 0.2) is 43.1 Å². The van der Waals surface area contributed by atoms with Crippen LogP contribution in [0, 0.1) is 6.92 Å². The maximum atomic E-state index is 10.9. The Morgan fingerprint density at radius 2 is 2.03 bits per heavy atom. The summed E-state index contributed by atoms with van der Waals surface area (Å²) in [5, 5.41) is 33.1. The van der Waals surface area contributed by atoms with E-state index in [1.165, 1.54) is 11.9 Å². The first kappa shape index (κ1) is 22.8. The second-order valence-corrected chi connectivity index (χ2v) is 8.89. The lowest BCUT2D eigenvalue weighted by molar-refractivity contribution is -0.0166. The van der Waals surface area contributed by atoms with Gasteiger partial charge in [0, 0.05) is 41.9 Å². The van der Waals surface area contributed by atoms with Gasteiger partial charge in [-0.05, 0) is 43.1 Å². The Balaban J connectivity index is 0.00000241. The van der Waals surface area contributed by atoms with E-state index in [0.29, 0.717) is 13.0 Å². The highest BCUT2D eigenvalue weighted by Crippen LogP contribution is 2.39. The molecular formula is C24H27ClN6O3. The van der Waals surface area contributed by atoms with Crippen LogP contribution in [0.1, 0.15) is 29.3 Å². The molecule has 10 heteroatoms. The number of nitrogens with one attached hydrogen (secondary N) is 2. The summed E-state index contributed by atoms with van der Waals surface area (Å²) in [7, 11) is 0. The molecule has 1 saturated carbocycles. The van der Waals surface area contributed by atoms with Crippen molar-refractivity contribution >= 4 is 23.4 Å². The molecule has 0 spiro atoms. The molecule has 4 aromatic rings. The van der Waals surface area contributed by atoms with Crippen LogP contribution in [0.4, 0.5) is 0 Å². The molecule has 1 fully saturated rings. The van der Waals surface area contributed by atoms with Crippen molar-refractivity contribution in [1.82, 2.24) is 30.0 Å². The average Bonchev–Trinajstić information content (AvgIpc) is 3.56. The molecule has 0 unspecified atom stereocenters. The Morgan fingerprint density at radius 1 is 1.15 bits per heavy atom. The van der Waals surface area contributed by atoms with E-state index in [-0.39, 0.29) is 18.4 Å². The van der Waals surface area contributed by atoms with Crippen molar-refractivity contribution in [2.75, 3.05) is 6.54 Å². The van der Waals surface area contributed by atoms with Crippen molar-refractivity contribution in [2.24, 2.45) is 0 Å². The predicted octanol–water partition coefficient (Wildman–Crippen LogP) is 2.31. The fourth-order valence-electron chi connectivity index (χ4n) is 5.13. The van der Waals surface area contributed by atoms with Crippen molar-refractivity contribution in [3.05, 3.63) is 59.9 Å². The maximum Gasteiger partial charge on any atom is 0.143 e. The molecule has 0 radical (unpaired) electrons. The summed E-state index contributed by atoms with van der Waals surface area (Å²) in [6.45, 7) is 3.56. The van der Waals surface area contributed by atoms with E-state index >= 15 is 0 Å². The number of fused-ring (bicyclic) bond motifs is 2. The van der Waals surface area contributed by atoms with Gasteiger partial charge in [-0.3, -0.25) is 5.10 Å². The van der Waals surface area contributed by atoms with Crippen LogP contribution in [0.2, 0.25) is 0 Å². The standard InChI is InChI=1S/C24H26N6O3.ClH/c1-13-17-3-5-30(24(17)27-12-26-13)19-8-21(23(32)22(19)31)33-20-7-15(16-9-28-29-10-16)6-14-2-4-25-11-18(14)20;/h3,5-7,9-10,12,19,21-23,25,31-32H,2,4,8,11H2,1H3,(H,28,29);1H/t19-,21+,22+,23-;/m1./s1. The number of aliphatic hydroxyl groups is 2. The van der Waals surface area contributed by atoms with E-state index in [0.717, 1.165) is 52.1 Å². The summed E-state index contributed by atoms with van der Waals surface area (Å²) >= 11 is 0. The number of aromatic nitrogens is 5. The second-order valence-electron chi connectivity index (χ2n) is 8.89. The Hall–Kier alpha value is -2.98. The van der Waals surface area contributed by atoms with E-state index < -0.39 is 18.3 Å². The number of aryl methyl sites for hydroxylation is 1. The molecular weight excluding hydrogens is 456 g/mol. The van der Waals surface area contributed by atoms with Gasteiger partial charge >= 0.3 is 0 Å². The van der Waals surface area contributed by atoms with Crippen molar-refractivity contribution in [2.45, 2.75) is 50.7 Å². The van der Waals surface area contributed by atoms with E-state index in [1.807, 2.05) is 36.0 Å². The van der Waals surface area contributed by atoms with Gasteiger partial charge in [-0.1, -0.05) is 6.07 Å². The number of H-pyrrole nitrogens is 1. The molecule has 0 saturated heterocycles. The first-order valence-electron chi connectivity index (χ1n) is 11.3. The van der Waals surface area contributed by atoms with Crippen LogP contribution >= 0.6 is 12.4 Å². The summed E-state index contributed by atoms with van der Waals surface area (Å²) < 4.78 is 8.36. The summed E-state index contributed by atoms with van der Waals surface area (Å²) in [5.41, 5.74) is 5.98. The Bertz CT molecular complexity index is 1310. The average molecular weight is 483 g/mol. The summed E-state index contributed by atoms with van der Waals surface area (Å²) in [6.07, 6.45) is 5.93. The number of aromatic amines is 1. The third-order valence-corrected chi connectivity index (χ3v) is 6.95. The first-order chi connectivity index (χ1) is 16.1. The number of hydrogen-bond donors (Lipinski definition) is 4. The molecule has 0 bridgehead atoms. The number of hydrogen-bond acceptors (Lipinski definition) is 7. The second kappa shape index (κ2) is 8.99. The normalized spacial score (nSPS) is 24.1. The van der Waals surface area contributed by atoms with Crippen molar-refractivity contribution in [3.63, 3.8) is 0 Å². The largest absolute Gasteiger partial charge is 0.487 e. The minimum atomic E-state index is -1.01. The number of nitrogens with zero attached hydrogens (tertiary/aromatic N) is 4. The van der Waals surface area contributed by atoms with Crippen LogP contribution in [-0.2, 0) is 13.0 Å². The van der Waals surface area contributed by atoms with Gasteiger partial charge in [0.15, 0.2) is 0 Å². The fourth-order valence-corrected chi connectivity index (χ4v) is 5.13. The molecule has 0 amide bonds. The van der Waals surface area contributed by atoms with Crippen molar-refractivity contribution < 1.29 is 14.9 Å². The van der Waals surface area contributed by atoms with E-state index in [4.69, 9.17) is 4.74 Å². The SMILES string of the molecule is Cc1ncnc2c1ccn2[C@@H]1C[C@H](Oc2cc(-c3cn[nH]c3)cc3c2CNCC3)[C@@H](O)[C@H]1O.Cl. The van der Waals surface area contributed by atoms with Gasteiger partial charge in [-0.15, -0.1) is 12.4 Å². The van der Waals surface area contributed by atoms with Crippen LogP contribution in [-0.4, -0.2) is 59.8 Å². The highest BCUT2D eigenvalue weighted by atomic mass is 35.5. The molecule has 4 heterocycles. The summed E-state index contributed by atoms with van der Waals surface area (Å²) in [5.74, 6) is 0.739. The molecule has 2 aliphatic rings. The minimum Gasteiger partial charge on any atom is -0.487 e. The van der Waals surface area contributed by atoms with Gasteiger partial charge in [0.1, 0.15) is 36.0 Å². The number of rotatable bonds is 4. The minimum absolute atomic E-state index is 0. The van der Waals surface area contributed by atoms with Crippen LogP contribution in [0.5, 0.6) is 5.75 Å². The van der Waals surface area contributed by atoms with Gasteiger partial charge in [0.05, 0.1) is 17.9 Å². The zero-order chi connectivity index (χ0) is 22.5. The molecule has 3 aromatic heterocycles. The Morgan fingerprint density at radius 3 is 2.85 bits per heavy atom.